The number of pyridine rings is 2. The normalized spacial score (nSPS) is 10.8. The first-order valence-electron chi connectivity index (χ1n) is 5.89. The number of rotatable bonds is 3. The summed E-state index contributed by atoms with van der Waals surface area (Å²) in [6.07, 6.45) is 3.66. The molecule has 3 aromatic rings. The van der Waals surface area contributed by atoms with Crippen molar-refractivity contribution in [3.05, 3.63) is 52.4 Å². The molecule has 5 nitrogen and oxygen atoms in total. The van der Waals surface area contributed by atoms with Gasteiger partial charge in [-0.25, -0.2) is 4.52 Å². The summed E-state index contributed by atoms with van der Waals surface area (Å²) < 4.78 is 2.70. The topological polar surface area (TPSA) is 55.1 Å². The standard InChI is InChI=1S/C13H12BrN5/c1-9-3-2-6-15-11(9)7-16-13-17-12-5-4-10(14)8-19(12)18-13/h2-6,8H,7H2,1H3,(H,16,18). The fourth-order valence-electron chi connectivity index (χ4n) is 1.80. The molecular weight excluding hydrogens is 306 g/mol. The molecule has 0 aliphatic rings. The molecule has 0 fully saturated rings. The molecule has 0 aromatic carbocycles. The maximum Gasteiger partial charge on any atom is 0.243 e. The SMILES string of the molecule is Cc1cccnc1CNc1nc2ccc(Br)cn2n1. The highest BCUT2D eigenvalue weighted by atomic mass is 79.9. The molecule has 19 heavy (non-hydrogen) atoms. The largest absolute Gasteiger partial charge is 0.347 e. The lowest BCUT2D eigenvalue weighted by Gasteiger charge is -2.03. The zero-order valence-electron chi connectivity index (χ0n) is 10.3. The van der Waals surface area contributed by atoms with Gasteiger partial charge in [-0.15, -0.1) is 5.10 Å². The molecule has 1 N–H and O–H groups in total. The molecule has 0 bridgehead atoms. The van der Waals surface area contributed by atoms with Crippen LogP contribution in [0.15, 0.2) is 41.1 Å². The molecule has 0 saturated heterocycles. The fourth-order valence-corrected chi connectivity index (χ4v) is 2.13. The molecule has 3 aromatic heterocycles. The lowest BCUT2D eigenvalue weighted by molar-refractivity contribution is 0.934. The summed E-state index contributed by atoms with van der Waals surface area (Å²) in [7, 11) is 0. The van der Waals surface area contributed by atoms with Crippen molar-refractivity contribution in [1.82, 2.24) is 19.6 Å². The second kappa shape index (κ2) is 4.97. The van der Waals surface area contributed by atoms with E-state index in [4.69, 9.17) is 0 Å². The van der Waals surface area contributed by atoms with Crippen LogP contribution in [0.25, 0.3) is 5.65 Å². The van der Waals surface area contributed by atoms with Crippen LogP contribution in [0, 0.1) is 6.92 Å². The number of hydrogen-bond donors (Lipinski definition) is 1. The molecule has 0 aliphatic carbocycles. The summed E-state index contributed by atoms with van der Waals surface area (Å²) >= 11 is 3.41. The van der Waals surface area contributed by atoms with Crippen molar-refractivity contribution in [3.63, 3.8) is 0 Å². The summed E-state index contributed by atoms with van der Waals surface area (Å²) in [5.41, 5.74) is 2.97. The van der Waals surface area contributed by atoms with E-state index in [2.05, 4.69) is 36.3 Å². The molecule has 0 amide bonds. The van der Waals surface area contributed by atoms with Crippen LogP contribution in [0.5, 0.6) is 0 Å². The van der Waals surface area contributed by atoms with Crippen LogP contribution in [0.2, 0.25) is 0 Å². The van der Waals surface area contributed by atoms with E-state index in [1.54, 1.807) is 10.7 Å². The van der Waals surface area contributed by atoms with Gasteiger partial charge < -0.3 is 5.32 Å². The fraction of sp³-hybridized carbons (Fsp3) is 0.154. The van der Waals surface area contributed by atoms with Gasteiger partial charge in [-0.1, -0.05) is 6.07 Å². The van der Waals surface area contributed by atoms with E-state index >= 15 is 0 Å². The van der Waals surface area contributed by atoms with E-state index in [1.165, 1.54) is 0 Å². The monoisotopic (exact) mass is 317 g/mol. The zero-order valence-corrected chi connectivity index (χ0v) is 11.9. The van der Waals surface area contributed by atoms with Crippen molar-refractivity contribution in [3.8, 4) is 0 Å². The molecule has 96 valence electrons. The van der Waals surface area contributed by atoms with Gasteiger partial charge in [0.15, 0.2) is 5.65 Å². The zero-order chi connectivity index (χ0) is 13.2. The Labute approximate surface area is 118 Å². The highest BCUT2D eigenvalue weighted by molar-refractivity contribution is 9.10. The molecule has 0 spiro atoms. The van der Waals surface area contributed by atoms with E-state index < -0.39 is 0 Å². The van der Waals surface area contributed by atoms with Gasteiger partial charge in [-0.05, 0) is 46.6 Å². The first kappa shape index (κ1) is 12.1. The highest BCUT2D eigenvalue weighted by Crippen LogP contribution is 2.13. The quantitative estimate of drug-likeness (QED) is 0.807. The van der Waals surface area contributed by atoms with Crippen LogP contribution in [0.3, 0.4) is 0 Å². The number of anilines is 1. The number of hydrogen-bond acceptors (Lipinski definition) is 4. The minimum absolute atomic E-state index is 0.600. The number of aryl methyl sites for hydroxylation is 1. The first-order chi connectivity index (χ1) is 9.22. The molecule has 6 heteroatoms. The Morgan fingerprint density at radius 1 is 1.32 bits per heavy atom. The summed E-state index contributed by atoms with van der Waals surface area (Å²) in [5, 5.41) is 7.54. The lowest BCUT2D eigenvalue weighted by Crippen LogP contribution is -2.04. The van der Waals surface area contributed by atoms with Crippen molar-refractivity contribution in [2.45, 2.75) is 13.5 Å². The van der Waals surface area contributed by atoms with Crippen molar-refractivity contribution in [1.29, 1.82) is 0 Å². The smallest absolute Gasteiger partial charge is 0.243 e. The summed E-state index contributed by atoms with van der Waals surface area (Å²) in [6.45, 7) is 2.66. The van der Waals surface area contributed by atoms with Crippen LogP contribution >= 0.6 is 15.9 Å². The van der Waals surface area contributed by atoms with Crippen LogP contribution in [-0.2, 0) is 6.54 Å². The number of nitrogens with one attached hydrogen (secondary N) is 1. The second-order valence-corrected chi connectivity index (χ2v) is 5.12. The van der Waals surface area contributed by atoms with E-state index in [9.17, 15) is 0 Å². The van der Waals surface area contributed by atoms with Crippen molar-refractivity contribution in [2.24, 2.45) is 0 Å². The van der Waals surface area contributed by atoms with Crippen LogP contribution in [0.4, 0.5) is 5.95 Å². The lowest BCUT2D eigenvalue weighted by atomic mass is 10.2. The van der Waals surface area contributed by atoms with Crippen LogP contribution in [0.1, 0.15) is 11.3 Å². The van der Waals surface area contributed by atoms with Gasteiger partial charge in [-0.3, -0.25) is 4.98 Å². The highest BCUT2D eigenvalue weighted by Gasteiger charge is 2.04. The van der Waals surface area contributed by atoms with Gasteiger partial charge in [0.05, 0.1) is 12.2 Å². The molecule has 0 radical (unpaired) electrons. The van der Waals surface area contributed by atoms with Gasteiger partial charge in [0, 0.05) is 16.9 Å². The van der Waals surface area contributed by atoms with Gasteiger partial charge in [0.2, 0.25) is 5.95 Å². The van der Waals surface area contributed by atoms with Gasteiger partial charge in [-0.2, -0.15) is 4.98 Å². The molecule has 0 aliphatic heterocycles. The molecule has 0 atom stereocenters. The Hall–Kier alpha value is -1.95. The predicted molar refractivity (Wildman–Crippen MR) is 77.0 cm³/mol. The third-order valence-corrected chi connectivity index (χ3v) is 3.30. The van der Waals surface area contributed by atoms with Crippen molar-refractivity contribution in [2.75, 3.05) is 5.32 Å². The second-order valence-electron chi connectivity index (χ2n) is 4.21. The summed E-state index contributed by atoms with van der Waals surface area (Å²) in [4.78, 5) is 8.72. The van der Waals surface area contributed by atoms with Crippen molar-refractivity contribution < 1.29 is 0 Å². The minimum Gasteiger partial charge on any atom is -0.347 e. The maximum absolute atomic E-state index is 4.39. The van der Waals surface area contributed by atoms with Crippen LogP contribution in [-0.4, -0.2) is 19.6 Å². The van der Waals surface area contributed by atoms with E-state index in [0.29, 0.717) is 12.5 Å². The van der Waals surface area contributed by atoms with Gasteiger partial charge in [0.1, 0.15) is 0 Å². The van der Waals surface area contributed by atoms with Crippen molar-refractivity contribution >= 4 is 27.5 Å². The minimum atomic E-state index is 0.600. The average Bonchev–Trinajstić information content (AvgIpc) is 2.79. The van der Waals surface area contributed by atoms with E-state index in [-0.39, 0.29) is 0 Å². The maximum atomic E-state index is 4.39. The molecular formula is C13H12BrN5. The predicted octanol–water partition coefficient (Wildman–Crippen LogP) is 2.81. The first-order valence-corrected chi connectivity index (χ1v) is 6.68. The molecule has 3 heterocycles. The number of halogens is 1. The summed E-state index contributed by atoms with van der Waals surface area (Å²) in [6, 6.07) is 7.82. The Balaban J connectivity index is 1.80. The third kappa shape index (κ3) is 2.58. The molecule has 3 rings (SSSR count). The van der Waals surface area contributed by atoms with Gasteiger partial charge in [0.25, 0.3) is 0 Å². The van der Waals surface area contributed by atoms with E-state index in [1.807, 2.05) is 37.4 Å². The Morgan fingerprint density at radius 3 is 3.05 bits per heavy atom. The molecule has 0 saturated carbocycles. The van der Waals surface area contributed by atoms with E-state index in [0.717, 1.165) is 21.4 Å². The Kier molecular flexibility index (Phi) is 3.16. The third-order valence-electron chi connectivity index (χ3n) is 2.83. The molecule has 0 unspecified atom stereocenters. The van der Waals surface area contributed by atoms with Gasteiger partial charge >= 0.3 is 0 Å². The number of fused-ring (bicyclic) bond motifs is 1. The number of aromatic nitrogens is 4. The Bertz CT molecular complexity index is 722. The average molecular weight is 318 g/mol. The Morgan fingerprint density at radius 2 is 2.21 bits per heavy atom. The number of nitrogens with zero attached hydrogens (tertiary/aromatic N) is 4. The summed E-state index contributed by atoms with van der Waals surface area (Å²) in [5.74, 6) is 0.600. The van der Waals surface area contributed by atoms with Crippen LogP contribution < -0.4 is 5.32 Å².